The Morgan fingerprint density at radius 2 is 1.79 bits per heavy atom. The Morgan fingerprint density at radius 3 is 2.43 bits per heavy atom. The number of thioether (sulfide) groups is 1. The van der Waals surface area contributed by atoms with Crippen molar-refractivity contribution in [3.63, 3.8) is 0 Å². The zero-order chi connectivity index (χ0) is 20.4. The van der Waals surface area contributed by atoms with E-state index in [-0.39, 0.29) is 11.8 Å². The second-order valence-electron chi connectivity index (χ2n) is 6.52. The number of amides is 2. The van der Waals surface area contributed by atoms with Crippen molar-refractivity contribution >= 4 is 35.2 Å². The van der Waals surface area contributed by atoms with Gasteiger partial charge in [0.05, 0.1) is 0 Å². The minimum Gasteiger partial charge on any atom is -0.357 e. The van der Waals surface area contributed by atoms with Gasteiger partial charge in [0.15, 0.2) is 0 Å². The highest BCUT2D eigenvalue weighted by molar-refractivity contribution is 7.99. The largest absolute Gasteiger partial charge is 0.357 e. The van der Waals surface area contributed by atoms with Crippen LogP contribution in [0, 0.1) is 0 Å². The van der Waals surface area contributed by atoms with Gasteiger partial charge in [-0.05, 0) is 55.3 Å². The van der Waals surface area contributed by atoms with E-state index in [2.05, 4.69) is 5.32 Å². The van der Waals surface area contributed by atoms with Gasteiger partial charge >= 0.3 is 0 Å². The molecule has 1 unspecified atom stereocenters. The maximum atomic E-state index is 12.8. The van der Waals surface area contributed by atoms with Crippen LogP contribution in [0.3, 0.4) is 0 Å². The summed E-state index contributed by atoms with van der Waals surface area (Å²) >= 11 is 7.60. The van der Waals surface area contributed by atoms with Gasteiger partial charge in [0, 0.05) is 29.9 Å². The molecule has 0 radical (unpaired) electrons. The van der Waals surface area contributed by atoms with Crippen molar-refractivity contribution in [3.8, 4) is 0 Å². The molecule has 0 aliphatic rings. The number of halogens is 1. The first-order valence-electron chi connectivity index (χ1n) is 9.44. The second-order valence-corrected chi connectivity index (χ2v) is 8.12. The van der Waals surface area contributed by atoms with Crippen LogP contribution in [-0.4, -0.2) is 42.1 Å². The third kappa shape index (κ3) is 7.21. The maximum absolute atomic E-state index is 12.8. The molecule has 2 amide bonds. The molecule has 0 bridgehead atoms. The van der Waals surface area contributed by atoms with Crippen molar-refractivity contribution < 1.29 is 9.59 Å². The van der Waals surface area contributed by atoms with Crippen LogP contribution in [0.25, 0.3) is 0 Å². The smallest absolute Gasteiger partial charge is 0.242 e. The molecule has 1 N–H and O–H groups in total. The zero-order valence-corrected chi connectivity index (χ0v) is 17.9. The van der Waals surface area contributed by atoms with Crippen molar-refractivity contribution in [1.29, 1.82) is 0 Å². The fraction of sp³-hybridized carbons (Fsp3) is 0.364. The molecule has 28 heavy (non-hydrogen) atoms. The van der Waals surface area contributed by atoms with Crippen molar-refractivity contribution in [3.05, 3.63) is 65.2 Å². The number of nitrogens with one attached hydrogen (secondary N) is 1. The first-order chi connectivity index (χ1) is 13.5. The van der Waals surface area contributed by atoms with E-state index in [1.165, 1.54) is 0 Å². The Labute approximate surface area is 176 Å². The molecule has 0 aliphatic carbocycles. The van der Waals surface area contributed by atoms with E-state index < -0.39 is 6.04 Å². The molecule has 0 aromatic heterocycles. The Balaban J connectivity index is 1.88. The van der Waals surface area contributed by atoms with E-state index in [0.29, 0.717) is 13.0 Å². The highest BCUT2D eigenvalue weighted by Gasteiger charge is 2.24. The number of likely N-dealkylation sites (N-methyl/N-ethyl adjacent to an activating group) is 1. The maximum Gasteiger partial charge on any atom is 0.242 e. The average Bonchev–Trinajstić information content (AvgIpc) is 2.72. The number of nitrogens with zero attached hydrogens (tertiary/aromatic N) is 1. The second kappa shape index (κ2) is 11.8. The number of hydrogen-bond donors (Lipinski definition) is 1. The lowest BCUT2D eigenvalue weighted by Crippen LogP contribution is -2.48. The Morgan fingerprint density at radius 1 is 1.11 bits per heavy atom. The standard InChI is InChI=1S/C22H27ClN2O2S/c1-17(22(27)24-2)25(15-14-18-7-4-3-5-8-18)21(26)9-6-16-28-20-12-10-19(23)11-13-20/h3-5,7-8,10-13,17H,6,9,14-16H2,1-2H3,(H,24,27). The van der Waals surface area contributed by atoms with Crippen LogP contribution in [0.2, 0.25) is 5.02 Å². The van der Waals surface area contributed by atoms with Gasteiger partial charge < -0.3 is 10.2 Å². The minimum absolute atomic E-state index is 0.0173. The molecule has 2 aromatic carbocycles. The van der Waals surface area contributed by atoms with Gasteiger partial charge in [-0.1, -0.05) is 41.9 Å². The third-order valence-corrected chi connectivity index (χ3v) is 5.87. The number of carbonyl (C=O) groups is 2. The van der Waals surface area contributed by atoms with Crippen LogP contribution in [0.5, 0.6) is 0 Å². The molecule has 2 aromatic rings. The van der Waals surface area contributed by atoms with Gasteiger partial charge in [0.1, 0.15) is 6.04 Å². The molecule has 4 nitrogen and oxygen atoms in total. The first-order valence-corrected chi connectivity index (χ1v) is 10.8. The van der Waals surface area contributed by atoms with Crippen molar-refractivity contribution in [2.45, 2.75) is 37.1 Å². The quantitative estimate of drug-likeness (QED) is 0.459. The average molecular weight is 419 g/mol. The summed E-state index contributed by atoms with van der Waals surface area (Å²) in [6.07, 6.45) is 1.92. The van der Waals surface area contributed by atoms with Crippen LogP contribution in [0.15, 0.2) is 59.5 Å². The summed E-state index contributed by atoms with van der Waals surface area (Å²) in [6, 6.07) is 17.2. The molecule has 0 saturated carbocycles. The lowest BCUT2D eigenvalue weighted by Gasteiger charge is -2.28. The van der Waals surface area contributed by atoms with Crippen molar-refractivity contribution in [2.24, 2.45) is 0 Å². The molecular weight excluding hydrogens is 392 g/mol. The van der Waals surface area contributed by atoms with Gasteiger partial charge in [-0.15, -0.1) is 11.8 Å². The molecule has 0 saturated heterocycles. The molecule has 150 valence electrons. The summed E-state index contributed by atoms with van der Waals surface area (Å²) in [7, 11) is 1.60. The first kappa shape index (κ1) is 22.3. The van der Waals surface area contributed by atoms with Crippen molar-refractivity contribution in [1.82, 2.24) is 10.2 Å². The molecule has 0 fully saturated rings. The van der Waals surface area contributed by atoms with Crippen LogP contribution in [0.1, 0.15) is 25.3 Å². The van der Waals surface area contributed by atoms with E-state index in [4.69, 9.17) is 11.6 Å². The Bertz CT molecular complexity index is 753. The summed E-state index contributed by atoms with van der Waals surface area (Å²) in [6.45, 7) is 2.31. The van der Waals surface area contributed by atoms with Gasteiger partial charge in [-0.25, -0.2) is 0 Å². The van der Waals surface area contributed by atoms with Crippen LogP contribution in [0.4, 0.5) is 0 Å². The summed E-state index contributed by atoms with van der Waals surface area (Å²) in [5, 5.41) is 3.36. The number of carbonyl (C=O) groups excluding carboxylic acids is 2. The highest BCUT2D eigenvalue weighted by atomic mass is 35.5. The summed E-state index contributed by atoms with van der Waals surface area (Å²) in [4.78, 5) is 27.7. The molecule has 0 aliphatic heterocycles. The summed E-state index contributed by atoms with van der Waals surface area (Å²) < 4.78 is 0. The molecule has 0 spiro atoms. The topological polar surface area (TPSA) is 49.4 Å². The minimum atomic E-state index is -0.481. The lowest BCUT2D eigenvalue weighted by atomic mass is 10.1. The van der Waals surface area contributed by atoms with Gasteiger partial charge in [-0.3, -0.25) is 9.59 Å². The fourth-order valence-corrected chi connectivity index (χ4v) is 3.85. The SMILES string of the molecule is CNC(=O)C(C)N(CCc1ccccc1)C(=O)CCCSc1ccc(Cl)cc1. The number of rotatable bonds is 10. The Kier molecular flexibility index (Phi) is 9.38. The van der Waals surface area contributed by atoms with E-state index in [1.54, 1.807) is 30.6 Å². The van der Waals surface area contributed by atoms with Crippen LogP contribution >= 0.6 is 23.4 Å². The highest BCUT2D eigenvalue weighted by Crippen LogP contribution is 2.21. The van der Waals surface area contributed by atoms with Crippen molar-refractivity contribution in [2.75, 3.05) is 19.3 Å². The van der Waals surface area contributed by atoms with Crippen LogP contribution < -0.4 is 5.32 Å². The van der Waals surface area contributed by atoms with Gasteiger partial charge in [-0.2, -0.15) is 0 Å². The predicted octanol–water partition coefficient (Wildman–Crippen LogP) is 4.42. The monoisotopic (exact) mass is 418 g/mol. The van der Waals surface area contributed by atoms with Gasteiger partial charge in [0.2, 0.25) is 11.8 Å². The summed E-state index contributed by atoms with van der Waals surface area (Å²) in [5.41, 5.74) is 1.16. The van der Waals surface area contributed by atoms with E-state index in [0.717, 1.165) is 34.1 Å². The van der Waals surface area contributed by atoms with Gasteiger partial charge in [0.25, 0.3) is 0 Å². The fourth-order valence-electron chi connectivity index (χ4n) is 2.87. The number of hydrogen-bond acceptors (Lipinski definition) is 3. The summed E-state index contributed by atoms with van der Waals surface area (Å²) in [5.74, 6) is 0.717. The molecule has 6 heteroatoms. The molecule has 0 heterocycles. The Hall–Kier alpha value is -1.98. The van der Waals surface area contributed by atoms with Crippen LogP contribution in [-0.2, 0) is 16.0 Å². The predicted molar refractivity (Wildman–Crippen MR) is 117 cm³/mol. The zero-order valence-electron chi connectivity index (χ0n) is 16.4. The molecule has 2 rings (SSSR count). The molecular formula is C22H27ClN2O2S. The molecule has 1 atom stereocenters. The third-order valence-electron chi connectivity index (χ3n) is 4.52. The normalized spacial score (nSPS) is 11.7. The van der Waals surface area contributed by atoms with E-state index in [1.807, 2.05) is 54.6 Å². The lowest BCUT2D eigenvalue weighted by molar-refractivity contribution is -0.139. The number of benzene rings is 2. The van der Waals surface area contributed by atoms with E-state index in [9.17, 15) is 9.59 Å². The van der Waals surface area contributed by atoms with E-state index >= 15 is 0 Å².